The summed E-state index contributed by atoms with van der Waals surface area (Å²) in [6, 6.07) is 13.4. The first kappa shape index (κ1) is 16.8. The van der Waals surface area contributed by atoms with E-state index in [0.29, 0.717) is 15.6 Å². The molecule has 3 aromatic rings. The number of carbonyl (C=O) groups excluding carboxylic acids is 1. The van der Waals surface area contributed by atoms with E-state index < -0.39 is 5.97 Å². The topological polar surface area (TPSA) is 47.9 Å². The van der Waals surface area contributed by atoms with Gasteiger partial charge in [-0.15, -0.1) is 11.3 Å². The molecular formula is C20H14ClNO3S. The smallest absolute Gasteiger partial charge is 0.363 e. The Kier molecular flexibility index (Phi) is 4.26. The van der Waals surface area contributed by atoms with E-state index in [1.807, 2.05) is 43.3 Å². The summed E-state index contributed by atoms with van der Waals surface area (Å²) in [5.74, 6) is 0.391. The molecule has 1 aliphatic rings. The van der Waals surface area contributed by atoms with Crippen molar-refractivity contribution in [2.45, 2.75) is 6.92 Å². The number of nitrogens with zero attached hydrogens (tertiary/aromatic N) is 1. The second-order valence-electron chi connectivity index (χ2n) is 5.82. The number of carbonyl (C=O) groups is 1. The van der Waals surface area contributed by atoms with Crippen LogP contribution in [0, 0.1) is 6.92 Å². The molecule has 0 bridgehead atoms. The number of cyclic esters (lactones) is 1. The molecule has 2 heterocycles. The zero-order chi connectivity index (χ0) is 18.3. The molecular weight excluding hydrogens is 370 g/mol. The summed E-state index contributed by atoms with van der Waals surface area (Å²) in [7, 11) is 1.58. The highest BCUT2D eigenvalue weighted by molar-refractivity contribution is 7.21. The van der Waals surface area contributed by atoms with Crippen LogP contribution in [0.3, 0.4) is 0 Å². The van der Waals surface area contributed by atoms with Crippen molar-refractivity contribution in [2.75, 3.05) is 7.11 Å². The van der Waals surface area contributed by atoms with Crippen molar-refractivity contribution in [1.82, 2.24) is 0 Å². The van der Waals surface area contributed by atoms with E-state index in [0.717, 1.165) is 21.2 Å². The molecule has 0 saturated heterocycles. The van der Waals surface area contributed by atoms with Crippen molar-refractivity contribution >= 4 is 51.0 Å². The molecule has 0 N–H and O–H groups in total. The molecule has 0 radical (unpaired) electrons. The zero-order valence-corrected chi connectivity index (χ0v) is 15.6. The highest BCUT2D eigenvalue weighted by Crippen LogP contribution is 2.38. The lowest BCUT2D eigenvalue weighted by atomic mass is 10.1. The minimum Gasteiger partial charge on any atom is -0.496 e. The van der Waals surface area contributed by atoms with E-state index in [1.54, 1.807) is 13.2 Å². The van der Waals surface area contributed by atoms with Gasteiger partial charge < -0.3 is 9.47 Å². The normalized spacial score (nSPS) is 15.4. The molecule has 0 aliphatic carbocycles. The van der Waals surface area contributed by atoms with E-state index in [9.17, 15) is 4.79 Å². The molecule has 0 atom stereocenters. The standard InChI is InChI=1S/C20H14ClNO3S/c1-11-7-8-13-16(9-11)26-18(17(13)21)19-22-14(20(23)25-19)10-12-5-3-4-6-15(12)24-2/h3-10H,1-2H3/b14-10-. The van der Waals surface area contributed by atoms with Crippen molar-refractivity contribution in [3.05, 3.63) is 69.2 Å². The number of ether oxygens (including phenoxy) is 2. The van der Waals surface area contributed by atoms with Gasteiger partial charge in [-0.1, -0.05) is 41.9 Å². The molecule has 0 unspecified atom stereocenters. The quantitative estimate of drug-likeness (QED) is 0.460. The van der Waals surface area contributed by atoms with E-state index in [-0.39, 0.29) is 11.6 Å². The van der Waals surface area contributed by atoms with Gasteiger partial charge in [-0.2, -0.15) is 0 Å². The SMILES string of the molecule is COc1ccccc1/C=C1\N=C(c2sc3cc(C)ccc3c2Cl)OC1=O. The van der Waals surface area contributed by atoms with Crippen LogP contribution < -0.4 is 4.74 Å². The average Bonchev–Trinajstić information content (AvgIpc) is 3.15. The number of rotatable bonds is 3. The van der Waals surface area contributed by atoms with Gasteiger partial charge in [-0.3, -0.25) is 0 Å². The summed E-state index contributed by atoms with van der Waals surface area (Å²) >= 11 is 7.95. The van der Waals surface area contributed by atoms with Crippen molar-refractivity contribution in [1.29, 1.82) is 0 Å². The Morgan fingerprint density at radius 2 is 2.04 bits per heavy atom. The number of halogens is 1. The van der Waals surface area contributed by atoms with Gasteiger partial charge in [-0.25, -0.2) is 9.79 Å². The van der Waals surface area contributed by atoms with Crippen molar-refractivity contribution in [3.8, 4) is 5.75 Å². The molecule has 2 aromatic carbocycles. The molecule has 4 nitrogen and oxygen atoms in total. The minimum atomic E-state index is -0.504. The fourth-order valence-corrected chi connectivity index (χ4v) is 4.29. The van der Waals surface area contributed by atoms with Crippen LogP contribution in [0.2, 0.25) is 5.02 Å². The van der Waals surface area contributed by atoms with Crippen LogP contribution in [0.15, 0.2) is 53.2 Å². The van der Waals surface area contributed by atoms with Gasteiger partial charge in [-0.05, 0) is 30.7 Å². The Bertz CT molecular complexity index is 1100. The summed E-state index contributed by atoms with van der Waals surface area (Å²) in [6.45, 7) is 2.02. The lowest BCUT2D eigenvalue weighted by Crippen LogP contribution is -2.04. The van der Waals surface area contributed by atoms with Crippen LogP contribution in [-0.4, -0.2) is 19.0 Å². The Labute approximate surface area is 159 Å². The third-order valence-electron chi connectivity index (χ3n) is 4.03. The second kappa shape index (κ2) is 6.59. The van der Waals surface area contributed by atoms with Gasteiger partial charge in [0.2, 0.25) is 5.90 Å². The van der Waals surface area contributed by atoms with Gasteiger partial charge in [0, 0.05) is 15.6 Å². The van der Waals surface area contributed by atoms with E-state index >= 15 is 0 Å². The van der Waals surface area contributed by atoms with Gasteiger partial charge in [0.25, 0.3) is 0 Å². The maximum absolute atomic E-state index is 12.3. The first-order valence-corrected chi connectivity index (χ1v) is 9.11. The predicted molar refractivity (Wildman–Crippen MR) is 105 cm³/mol. The fraction of sp³-hybridized carbons (Fsp3) is 0.100. The predicted octanol–water partition coefficient (Wildman–Crippen LogP) is 5.22. The van der Waals surface area contributed by atoms with Crippen LogP contribution >= 0.6 is 22.9 Å². The number of hydrogen-bond acceptors (Lipinski definition) is 5. The van der Waals surface area contributed by atoms with Gasteiger partial charge in [0.1, 0.15) is 10.6 Å². The molecule has 1 aromatic heterocycles. The summed E-state index contributed by atoms with van der Waals surface area (Å²) in [4.78, 5) is 17.3. The Morgan fingerprint density at radius 3 is 2.85 bits per heavy atom. The molecule has 130 valence electrons. The first-order valence-electron chi connectivity index (χ1n) is 7.91. The Balaban J connectivity index is 1.77. The van der Waals surface area contributed by atoms with Crippen molar-refractivity contribution in [3.63, 3.8) is 0 Å². The molecule has 1 aliphatic heterocycles. The van der Waals surface area contributed by atoms with Crippen LogP contribution in [0.4, 0.5) is 0 Å². The lowest BCUT2D eigenvalue weighted by Gasteiger charge is -2.03. The minimum absolute atomic E-state index is 0.217. The van der Waals surface area contributed by atoms with Crippen LogP contribution in [0.5, 0.6) is 5.75 Å². The third kappa shape index (κ3) is 2.89. The average molecular weight is 384 g/mol. The van der Waals surface area contributed by atoms with Gasteiger partial charge >= 0.3 is 5.97 Å². The number of methoxy groups -OCH3 is 1. The van der Waals surface area contributed by atoms with Crippen molar-refractivity contribution in [2.24, 2.45) is 4.99 Å². The van der Waals surface area contributed by atoms with E-state index in [1.165, 1.54) is 11.3 Å². The summed E-state index contributed by atoms with van der Waals surface area (Å²) in [5, 5.41) is 1.48. The zero-order valence-electron chi connectivity index (χ0n) is 14.1. The fourth-order valence-electron chi connectivity index (χ4n) is 2.75. The van der Waals surface area contributed by atoms with Crippen LogP contribution in [0.1, 0.15) is 16.0 Å². The number of esters is 1. The number of benzene rings is 2. The van der Waals surface area contributed by atoms with Crippen LogP contribution in [0.25, 0.3) is 16.2 Å². The molecule has 0 spiro atoms. The summed E-state index contributed by atoms with van der Waals surface area (Å²) in [5.41, 5.74) is 2.11. The highest BCUT2D eigenvalue weighted by Gasteiger charge is 2.28. The van der Waals surface area contributed by atoms with E-state index in [2.05, 4.69) is 11.1 Å². The molecule has 6 heteroatoms. The van der Waals surface area contributed by atoms with Gasteiger partial charge in [0.15, 0.2) is 5.70 Å². The number of hydrogen-bond donors (Lipinski definition) is 0. The summed E-state index contributed by atoms with van der Waals surface area (Å²) in [6.07, 6.45) is 1.65. The molecule has 26 heavy (non-hydrogen) atoms. The number of aliphatic imine (C=N–C) groups is 1. The summed E-state index contributed by atoms with van der Waals surface area (Å²) < 4.78 is 11.7. The van der Waals surface area contributed by atoms with E-state index in [4.69, 9.17) is 21.1 Å². The highest BCUT2D eigenvalue weighted by atomic mass is 35.5. The van der Waals surface area contributed by atoms with Crippen LogP contribution in [-0.2, 0) is 9.53 Å². The number of thiophene rings is 1. The molecule has 0 fully saturated rings. The lowest BCUT2D eigenvalue weighted by molar-refractivity contribution is -0.129. The maximum Gasteiger partial charge on any atom is 0.363 e. The number of para-hydroxylation sites is 1. The monoisotopic (exact) mass is 383 g/mol. The Hall–Kier alpha value is -2.63. The Morgan fingerprint density at radius 1 is 1.23 bits per heavy atom. The third-order valence-corrected chi connectivity index (χ3v) is 5.68. The number of fused-ring (bicyclic) bond motifs is 1. The molecule has 4 rings (SSSR count). The first-order chi connectivity index (χ1) is 12.6. The largest absolute Gasteiger partial charge is 0.496 e. The second-order valence-corrected chi connectivity index (χ2v) is 7.25. The van der Waals surface area contributed by atoms with Gasteiger partial charge in [0.05, 0.1) is 12.1 Å². The number of aryl methyl sites for hydroxylation is 1. The molecule has 0 saturated carbocycles. The molecule has 0 amide bonds. The van der Waals surface area contributed by atoms with Crippen molar-refractivity contribution < 1.29 is 14.3 Å². The maximum atomic E-state index is 12.3.